The number of hydrogen-bond donors (Lipinski definition) is 0. The number of carbonyl (C=O) groups excluding carboxylic acids is 1. The number of carbonyl (C=O) groups is 1. The number of alkyl halides is 3. The zero-order valence-corrected chi connectivity index (χ0v) is 16.0. The van der Waals surface area contributed by atoms with Gasteiger partial charge in [-0.1, -0.05) is 30.3 Å². The van der Waals surface area contributed by atoms with Crippen LogP contribution in [0.1, 0.15) is 27.9 Å². The Morgan fingerprint density at radius 3 is 2.32 bits per heavy atom. The molecule has 146 valence electrons. The summed E-state index contributed by atoms with van der Waals surface area (Å²) in [6, 6.07) is 12.7. The second-order valence-corrected chi connectivity index (χ2v) is 6.94. The molecule has 3 nitrogen and oxygen atoms in total. The lowest BCUT2D eigenvalue weighted by Crippen LogP contribution is -2.28. The fourth-order valence-corrected chi connectivity index (χ4v) is 3.28. The van der Waals surface area contributed by atoms with Crippen LogP contribution in [0.15, 0.2) is 48.5 Å². The largest absolute Gasteiger partial charge is 0.416 e. The van der Waals surface area contributed by atoms with Gasteiger partial charge in [-0.05, 0) is 48.7 Å². The number of para-hydroxylation sites is 1. The summed E-state index contributed by atoms with van der Waals surface area (Å²) in [5.41, 5.74) is 3.58. The molecule has 6 heteroatoms. The van der Waals surface area contributed by atoms with Crippen molar-refractivity contribution in [2.45, 2.75) is 33.0 Å². The molecule has 0 radical (unpaired) electrons. The molecule has 2 aromatic carbocycles. The maximum Gasteiger partial charge on any atom is 0.416 e. The van der Waals surface area contributed by atoms with Gasteiger partial charge in [0, 0.05) is 24.7 Å². The molecular weight excluding hydrogens is 365 g/mol. The van der Waals surface area contributed by atoms with Crippen LogP contribution in [0, 0.1) is 13.8 Å². The number of halogens is 3. The summed E-state index contributed by atoms with van der Waals surface area (Å²) < 4.78 is 38.0. The van der Waals surface area contributed by atoms with Gasteiger partial charge in [-0.25, -0.2) is 0 Å². The van der Waals surface area contributed by atoms with Crippen LogP contribution in [0.5, 0.6) is 0 Å². The Labute approximate surface area is 161 Å². The van der Waals surface area contributed by atoms with Crippen LogP contribution in [0.3, 0.4) is 0 Å². The summed E-state index contributed by atoms with van der Waals surface area (Å²) in [4.78, 5) is 18.8. The number of fused-ring (bicyclic) bond motifs is 1. The van der Waals surface area contributed by atoms with Crippen LogP contribution in [0.25, 0.3) is 10.9 Å². The average molecular weight is 386 g/mol. The first-order valence-electron chi connectivity index (χ1n) is 8.91. The van der Waals surface area contributed by atoms with E-state index in [0.717, 1.165) is 39.9 Å². The van der Waals surface area contributed by atoms with E-state index in [-0.39, 0.29) is 18.9 Å². The van der Waals surface area contributed by atoms with Crippen molar-refractivity contribution in [2.75, 3.05) is 7.05 Å². The Kier molecular flexibility index (Phi) is 5.40. The van der Waals surface area contributed by atoms with Crippen LogP contribution in [0.2, 0.25) is 0 Å². The highest BCUT2D eigenvalue weighted by atomic mass is 19.4. The van der Waals surface area contributed by atoms with Gasteiger partial charge in [-0.3, -0.25) is 9.78 Å². The maximum atomic E-state index is 12.7. The molecule has 0 N–H and O–H groups in total. The third-order valence-electron chi connectivity index (χ3n) is 4.94. The van der Waals surface area contributed by atoms with Crippen LogP contribution in [-0.2, 0) is 23.9 Å². The molecular formula is C22H21F3N2O. The van der Waals surface area contributed by atoms with Gasteiger partial charge < -0.3 is 4.90 Å². The molecule has 0 unspecified atom stereocenters. The molecule has 1 aromatic heterocycles. The van der Waals surface area contributed by atoms with E-state index in [9.17, 15) is 18.0 Å². The zero-order chi connectivity index (χ0) is 20.5. The standard InChI is InChI=1S/C22H21F3N2O/c1-14-18-6-4-5-7-20(18)26-15(2)19(14)12-21(28)27(3)13-16-8-10-17(11-9-16)22(23,24)25/h4-11H,12-13H2,1-3H3. The Bertz CT molecular complexity index is 1010. The molecule has 3 rings (SSSR count). The van der Waals surface area contributed by atoms with Gasteiger partial charge in [0.25, 0.3) is 0 Å². The zero-order valence-electron chi connectivity index (χ0n) is 16.0. The van der Waals surface area contributed by atoms with Crippen LogP contribution >= 0.6 is 0 Å². The predicted molar refractivity (Wildman–Crippen MR) is 103 cm³/mol. The van der Waals surface area contributed by atoms with Crippen molar-refractivity contribution in [1.82, 2.24) is 9.88 Å². The monoisotopic (exact) mass is 386 g/mol. The minimum atomic E-state index is -4.36. The van der Waals surface area contributed by atoms with E-state index in [0.29, 0.717) is 5.56 Å². The fraction of sp³-hybridized carbons (Fsp3) is 0.273. The number of aryl methyl sites for hydroxylation is 2. The Morgan fingerprint density at radius 1 is 1.04 bits per heavy atom. The van der Waals surface area contributed by atoms with Gasteiger partial charge in [0.05, 0.1) is 17.5 Å². The number of rotatable bonds is 4. The molecule has 0 bridgehead atoms. The van der Waals surface area contributed by atoms with Crippen molar-refractivity contribution in [3.05, 3.63) is 76.5 Å². The summed E-state index contributed by atoms with van der Waals surface area (Å²) in [6.45, 7) is 4.11. The SMILES string of the molecule is Cc1nc2ccccc2c(C)c1CC(=O)N(C)Cc1ccc(C(F)(F)F)cc1. The summed E-state index contributed by atoms with van der Waals surface area (Å²) in [6.07, 6.45) is -4.16. The minimum Gasteiger partial charge on any atom is -0.341 e. The average Bonchev–Trinajstić information content (AvgIpc) is 2.64. The van der Waals surface area contributed by atoms with Crippen LogP contribution in [0.4, 0.5) is 13.2 Å². The molecule has 28 heavy (non-hydrogen) atoms. The summed E-state index contributed by atoms with van der Waals surface area (Å²) in [5, 5.41) is 1.02. The highest BCUT2D eigenvalue weighted by Crippen LogP contribution is 2.29. The highest BCUT2D eigenvalue weighted by molar-refractivity contribution is 5.86. The molecule has 0 aliphatic heterocycles. The second-order valence-electron chi connectivity index (χ2n) is 6.94. The Morgan fingerprint density at radius 2 is 1.68 bits per heavy atom. The maximum absolute atomic E-state index is 12.7. The highest BCUT2D eigenvalue weighted by Gasteiger charge is 2.30. The van der Waals surface area contributed by atoms with E-state index in [1.54, 1.807) is 7.05 Å². The van der Waals surface area contributed by atoms with Crippen molar-refractivity contribution in [2.24, 2.45) is 0 Å². The molecule has 1 heterocycles. The molecule has 1 amide bonds. The topological polar surface area (TPSA) is 33.2 Å². The molecule has 0 atom stereocenters. The van der Waals surface area contributed by atoms with Crippen molar-refractivity contribution < 1.29 is 18.0 Å². The van der Waals surface area contributed by atoms with Gasteiger partial charge in [0.15, 0.2) is 0 Å². The molecule has 3 aromatic rings. The normalized spacial score (nSPS) is 11.6. The smallest absolute Gasteiger partial charge is 0.341 e. The molecule has 0 saturated heterocycles. The third-order valence-corrected chi connectivity index (χ3v) is 4.94. The van der Waals surface area contributed by atoms with Crippen molar-refractivity contribution >= 4 is 16.8 Å². The minimum absolute atomic E-state index is 0.108. The van der Waals surface area contributed by atoms with Crippen molar-refractivity contribution in [1.29, 1.82) is 0 Å². The van der Waals surface area contributed by atoms with Gasteiger partial charge >= 0.3 is 6.18 Å². The lowest BCUT2D eigenvalue weighted by molar-refractivity contribution is -0.137. The molecule has 0 saturated carbocycles. The third kappa shape index (κ3) is 4.16. The van der Waals surface area contributed by atoms with E-state index >= 15 is 0 Å². The van der Waals surface area contributed by atoms with Gasteiger partial charge in [-0.15, -0.1) is 0 Å². The van der Waals surface area contributed by atoms with Crippen LogP contribution in [-0.4, -0.2) is 22.8 Å². The van der Waals surface area contributed by atoms with E-state index in [4.69, 9.17) is 0 Å². The van der Waals surface area contributed by atoms with Gasteiger partial charge in [0.1, 0.15) is 0 Å². The van der Waals surface area contributed by atoms with Crippen LogP contribution < -0.4 is 0 Å². The quantitative estimate of drug-likeness (QED) is 0.627. The van der Waals surface area contributed by atoms with Crippen molar-refractivity contribution in [3.63, 3.8) is 0 Å². The Hall–Kier alpha value is -2.89. The first-order chi connectivity index (χ1) is 13.2. The van der Waals surface area contributed by atoms with E-state index in [2.05, 4.69) is 4.98 Å². The summed E-state index contributed by atoms with van der Waals surface area (Å²) in [7, 11) is 1.65. The molecule has 0 aliphatic carbocycles. The summed E-state index contributed by atoms with van der Waals surface area (Å²) >= 11 is 0. The van der Waals surface area contributed by atoms with E-state index < -0.39 is 11.7 Å². The second kappa shape index (κ2) is 7.62. The predicted octanol–water partition coefficient (Wildman–Crippen LogP) is 5.07. The number of nitrogens with zero attached hydrogens (tertiary/aromatic N) is 2. The molecule has 0 aliphatic rings. The fourth-order valence-electron chi connectivity index (χ4n) is 3.28. The lowest BCUT2D eigenvalue weighted by Gasteiger charge is -2.19. The van der Waals surface area contributed by atoms with E-state index in [1.165, 1.54) is 17.0 Å². The first-order valence-corrected chi connectivity index (χ1v) is 8.91. The number of likely N-dealkylation sites (N-methyl/N-ethyl adjacent to an activating group) is 1. The van der Waals surface area contributed by atoms with Gasteiger partial charge in [0.2, 0.25) is 5.91 Å². The number of amides is 1. The molecule has 0 spiro atoms. The molecule has 0 fully saturated rings. The summed E-state index contributed by atoms with van der Waals surface area (Å²) in [5.74, 6) is -0.108. The number of benzene rings is 2. The van der Waals surface area contributed by atoms with Crippen molar-refractivity contribution in [3.8, 4) is 0 Å². The van der Waals surface area contributed by atoms with E-state index in [1.807, 2.05) is 38.1 Å². The number of pyridine rings is 1. The number of aromatic nitrogens is 1. The number of hydrogen-bond acceptors (Lipinski definition) is 2. The lowest BCUT2D eigenvalue weighted by atomic mass is 9.99. The Balaban J connectivity index is 1.75. The van der Waals surface area contributed by atoms with Gasteiger partial charge in [-0.2, -0.15) is 13.2 Å². The first kappa shape index (κ1) is 19.9.